The lowest BCUT2D eigenvalue weighted by atomic mass is 10.1. The SMILES string of the molecule is CCCCC/C=C\C/C=C\CCCCCCC(O)CN(CCCCC(=O)OCCN1CCN(CCSSCCCCC)CC1)CC(O)CCCCCC/C=C\C/C=C\CCCCC. The summed E-state index contributed by atoms with van der Waals surface area (Å²) in [5.41, 5.74) is 0. The Balaban J connectivity index is 2.34. The lowest BCUT2D eigenvalue weighted by molar-refractivity contribution is -0.144. The minimum absolute atomic E-state index is 0.107. The summed E-state index contributed by atoms with van der Waals surface area (Å²) in [5.74, 6) is 2.36. The molecular formula is C54H101N3O4S2. The summed E-state index contributed by atoms with van der Waals surface area (Å²) in [6.07, 6.45) is 49.0. The predicted octanol–water partition coefficient (Wildman–Crippen LogP) is 13.8. The number of aliphatic hydroxyl groups excluding tert-OH is 2. The van der Waals surface area contributed by atoms with Crippen molar-refractivity contribution in [1.82, 2.24) is 14.7 Å². The number of ether oxygens (including phenoxy) is 1. The van der Waals surface area contributed by atoms with Crippen LogP contribution in [0.4, 0.5) is 0 Å². The topological polar surface area (TPSA) is 76.5 Å². The first-order valence-corrected chi connectivity index (χ1v) is 29.0. The standard InChI is InChI=1S/C54H101N3O4S2/c1-4-7-10-12-14-16-18-20-22-24-26-28-30-32-37-52(58)50-57(51-53(59)38-33-31-29-27-25-23-21-19-17-15-13-11-8-5-2)40-35-34-39-54(60)61-47-45-55-41-43-56(44-42-55)46-49-63-62-48-36-9-6-3/h14-17,20-23,52-53,58-59H,4-13,18-19,24-51H2,1-3H3/b16-14-,17-15-,22-20-,23-21-. The van der Waals surface area contributed by atoms with Gasteiger partial charge in [-0.25, -0.2) is 0 Å². The van der Waals surface area contributed by atoms with Gasteiger partial charge in [-0.1, -0.05) is 168 Å². The molecule has 1 saturated heterocycles. The van der Waals surface area contributed by atoms with E-state index < -0.39 is 12.2 Å². The van der Waals surface area contributed by atoms with Crippen molar-refractivity contribution in [1.29, 1.82) is 0 Å². The van der Waals surface area contributed by atoms with Crippen molar-refractivity contribution in [3.63, 3.8) is 0 Å². The molecule has 1 heterocycles. The van der Waals surface area contributed by atoms with Crippen molar-refractivity contribution < 1.29 is 19.7 Å². The molecule has 7 nitrogen and oxygen atoms in total. The van der Waals surface area contributed by atoms with E-state index in [1.165, 1.54) is 108 Å². The van der Waals surface area contributed by atoms with Crippen LogP contribution in [0, 0.1) is 0 Å². The second-order valence-electron chi connectivity index (χ2n) is 18.1. The molecule has 0 radical (unpaired) electrons. The highest BCUT2D eigenvalue weighted by Gasteiger charge is 2.18. The Hall–Kier alpha value is -1.07. The van der Waals surface area contributed by atoms with Crippen molar-refractivity contribution in [2.24, 2.45) is 0 Å². The number of hydrogen-bond acceptors (Lipinski definition) is 9. The Morgan fingerprint density at radius 2 is 0.984 bits per heavy atom. The smallest absolute Gasteiger partial charge is 0.305 e. The Bertz CT molecular complexity index is 1040. The number of allylic oxidation sites excluding steroid dienone is 8. The maximum absolute atomic E-state index is 12.6. The van der Waals surface area contributed by atoms with Gasteiger partial charge in [-0.3, -0.25) is 19.5 Å². The number of carbonyl (C=O) groups excluding carboxylic acids is 1. The van der Waals surface area contributed by atoms with Gasteiger partial charge in [0.1, 0.15) is 6.61 Å². The van der Waals surface area contributed by atoms with Gasteiger partial charge in [0.25, 0.3) is 0 Å². The van der Waals surface area contributed by atoms with Gasteiger partial charge in [0, 0.05) is 70.3 Å². The van der Waals surface area contributed by atoms with Gasteiger partial charge in [0.2, 0.25) is 0 Å². The van der Waals surface area contributed by atoms with Crippen LogP contribution in [0.2, 0.25) is 0 Å². The molecule has 0 bridgehead atoms. The zero-order valence-corrected chi connectivity index (χ0v) is 43.1. The number of rotatable bonds is 46. The number of esters is 1. The maximum Gasteiger partial charge on any atom is 0.305 e. The molecule has 1 aliphatic rings. The Kier molecular flexibility index (Phi) is 45.1. The summed E-state index contributed by atoms with van der Waals surface area (Å²) in [6, 6.07) is 0. The quantitative estimate of drug-likeness (QED) is 0.0269. The van der Waals surface area contributed by atoms with E-state index in [0.717, 1.165) is 123 Å². The minimum Gasteiger partial charge on any atom is -0.464 e. The number of aliphatic hydroxyl groups is 2. The van der Waals surface area contributed by atoms with E-state index in [-0.39, 0.29) is 5.97 Å². The maximum atomic E-state index is 12.6. The number of hydrogen-bond donors (Lipinski definition) is 2. The monoisotopic (exact) mass is 920 g/mol. The van der Waals surface area contributed by atoms with Crippen LogP contribution in [0.5, 0.6) is 0 Å². The molecule has 0 aromatic carbocycles. The average Bonchev–Trinajstić information content (AvgIpc) is 3.28. The van der Waals surface area contributed by atoms with Crippen molar-refractivity contribution in [2.45, 2.75) is 213 Å². The molecule has 2 N–H and O–H groups in total. The predicted molar refractivity (Wildman–Crippen MR) is 280 cm³/mol. The third-order valence-corrected chi connectivity index (χ3v) is 14.5. The molecule has 0 aliphatic carbocycles. The van der Waals surface area contributed by atoms with Crippen molar-refractivity contribution in [2.75, 3.05) is 77.0 Å². The zero-order chi connectivity index (χ0) is 45.5. The van der Waals surface area contributed by atoms with E-state index in [1.54, 1.807) is 0 Å². The lowest BCUT2D eigenvalue weighted by Crippen LogP contribution is -2.47. The van der Waals surface area contributed by atoms with Crippen molar-refractivity contribution in [3.05, 3.63) is 48.6 Å². The van der Waals surface area contributed by atoms with Crippen LogP contribution in [-0.2, 0) is 9.53 Å². The number of unbranched alkanes of at least 4 members (excludes halogenated alkanes) is 17. The third kappa shape index (κ3) is 42.1. The van der Waals surface area contributed by atoms with E-state index in [4.69, 9.17) is 4.74 Å². The molecule has 0 aromatic rings. The molecule has 0 amide bonds. The Labute approximate surface area is 398 Å². The van der Waals surface area contributed by atoms with Crippen LogP contribution in [0.1, 0.15) is 201 Å². The fraction of sp³-hybridized carbons (Fsp3) is 0.833. The summed E-state index contributed by atoms with van der Waals surface area (Å²) in [5, 5.41) is 22.1. The summed E-state index contributed by atoms with van der Waals surface area (Å²) < 4.78 is 5.65. The van der Waals surface area contributed by atoms with Crippen molar-refractivity contribution in [3.8, 4) is 0 Å². The Morgan fingerprint density at radius 1 is 0.540 bits per heavy atom. The molecule has 0 saturated carbocycles. The van der Waals surface area contributed by atoms with Gasteiger partial charge in [0.05, 0.1) is 12.2 Å². The van der Waals surface area contributed by atoms with E-state index in [1.807, 2.05) is 21.6 Å². The molecule has 0 aromatic heterocycles. The lowest BCUT2D eigenvalue weighted by Gasteiger charge is -2.34. The summed E-state index contributed by atoms with van der Waals surface area (Å²) in [7, 11) is 4.05. The van der Waals surface area contributed by atoms with Crippen LogP contribution < -0.4 is 0 Å². The molecule has 9 heteroatoms. The second kappa shape index (κ2) is 47.4. The summed E-state index contributed by atoms with van der Waals surface area (Å²) in [4.78, 5) is 19.9. The van der Waals surface area contributed by atoms with Crippen LogP contribution in [0.3, 0.4) is 0 Å². The van der Waals surface area contributed by atoms with Gasteiger partial charge < -0.3 is 14.9 Å². The summed E-state index contributed by atoms with van der Waals surface area (Å²) in [6.45, 7) is 15.4. The third-order valence-electron chi connectivity index (χ3n) is 12.1. The number of nitrogens with zero attached hydrogens (tertiary/aromatic N) is 3. The van der Waals surface area contributed by atoms with Gasteiger partial charge in [-0.05, 0) is 103 Å². The zero-order valence-electron chi connectivity index (χ0n) is 41.4. The fourth-order valence-electron chi connectivity index (χ4n) is 7.96. The highest BCUT2D eigenvalue weighted by Crippen LogP contribution is 2.23. The van der Waals surface area contributed by atoms with E-state index in [9.17, 15) is 15.0 Å². The fourth-order valence-corrected chi connectivity index (χ4v) is 10.1. The van der Waals surface area contributed by atoms with Crippen LogP contribution in [0.15, 0.2) is 48.6 Å². The number of piperazine rings is 1. The molecule has 63 heavy (non-hydrogen) atoms. The minimum atomic E-state index is -0.393. The first-order valence-electron chi connectivity index (χ1n) is 26.5. The van der Waals surface area contributed by atoms with Crippen molar-refractivity contribution >= 4 is 27.6 Å². The van der Waals surface area contributed by atoms with Gasteiger partial charge >= 0.3 is 5.97 Å². The second-order valence-corrected chi connectivity index (χ2v) is 20.8. The van der Waals surface area contributed by atoms with Crippen LogP contribution >= 0.6 is 21.6 Å². The molecule has 1 rings (SSSR count). The van der Waals surface area contributed by atoms with E-state index >= 15 is 0 Å². The highest BCUT2D eigenvalue weighted by molar-refractivity contribution is 8.76. The van der Waals surface area contributed by atoms with Gasteiger partial charge in [-0.15, -0.1) is 0 Å². The van der Waals surface area contributed by atoms with Crippen LogP contribution in [-0.4, -0.2) is 120 Å². The molecule has 368 valence electrons. The van der Waals surface area contributed by atoms with Gasteiger partial charge in [-0.2, -0.15) is 0 Å². The first kappa shape index (κ1) is 59.9. The van der Waals surface area contributed by atoms with Gasteiger partial charge in [0.15, 0.2) is 0 Å². The molecule has 1 aliphatic heterocycles. The van der Waals surface area contributed by atoms with Crippen LogP contribution in [0.25, 0.3) is 0 Å². The molecule has 1 fully saturated rings. The van der Waals surface area contributed by atoms with E-state index in [2.05, 4.69) is 84.1 Å². The average molecular weight is 921 g/mol. The molecule has 0 spiro atoms. The first-order chi connectivity index (χ1) is 31.0. The highest BCUT2D eigenvalue weighted by atomic mass is 33.1. The normalized spacial score (nSPS) is 15.3. The largest absolute Gasteiger partial charge is 0.464 e. The molecule has 2 unspecified atom stereocenters. The Morgan fingerprint density at radius 3 is 1.49 bits per heavy atom. The van der Waals surface area contributed by atoms with E-state index in [0.29, 0.717) is 26.1 Å². The summed E-state index contributed by atoms with van der Waals surface area (Å²) >= 11 is 0. The molecule has 2 atom stereocenters. The number of carbonyl (C=O) groups is 1. The molecular weight excluding hydrogens is 819 g/mol.